The van der Waals surface area contributed by atoms with Gasteiger partial charge in [-0.1, -0.05) is 26.5 Å². The first-order chi connectivity index (χ1) is 5.61. The molecular weight excluding hydrogens is 146 g/mol. The number of aromatic nitrogens is 1. The maximum absolute atomic E-state index is 4.34. The molecule has 0 aliphatic heterocycles. The van der Waals surface area contributed by atoms with Crippen LogP contribution in [-0.2, 0) is 0 Å². The molecular formula is C11H15N. The minimum atomic E-state index is 0.504. The summed E-state index contributed by atoms with van der Waals surface area (Å²) < 4.78 is 0. The lowest BCUT2D eigenvalue weighted by Crippen LogP contribution is -1.92. The van der Waals surface area contributed by atoms with Crippen molar-refractivity contribution in [3.63, 3.8) is 0 Å². The van der Waals surface area contributed by atoms with Crippen LogP contribution >= 0.6 is 0 Å². The molecule has 12 heavy (non-hydrogen) atoms. The Hall–Kier alpha value is -1.11. The highest BCUT2D eigenvalue weighted by molar-refractivity contribution is 5.60. The molecule has 1 rings (SSSR count). The first-order valence-electron chi connectivity index (χ1n) is 4.23. The van der Waals surface area contributed by atoms with Crippen LogP contribution in [0.4, 0.5) is 0 Å². The van der Waals surface area contributed by atoms with Crippen LogP contribution in [0.25, 0.3) is 5.57 Å². The number of pyridine rings is 1. The van der Waals surface area contributed by atoms with Crippen LogP contribution in [0.3, 0.4) is 0 Å². The Balaban J connectivity index is 2.93. The quantitative estimate of drug-likeness (QED) is 0.649. The zero-order chi connectivity index (χ0) is 9.14. The van der Waals surface area contributed by atoms with Gasteiger partial charge in [0, 0.05) is 11.9 Å². The third-order valence-electron chi connectivity index (χ3n) is 1.87. The van der Waals surface area contributed by atoms with Crippen molar-refractivity contribution in [2.75, 3.05) is 0 Å². The van der Waals surface area contributed by atoms with Crippen molar-refractivity contribution in [2.24, 2.45) is 0 Å². The molecule has 1 heteroatoms. The van der Waals surface area contributed by atoms with Crippen LogP contribution in [0.5, 0.6) is 0 Å². The van der Waals surface area contributed by atoms with E-state index in [-0.39, 0.29) is 0 Å². The van der Waals surface area contributed by atoms with Crippen molar-refractivity contribution in [1.29, 1.82) is 0 Å². The fourth-order valence-corrected chi connectivity index (χ4v) is 0.999. The van der Waals surface area contributed by atoms with Crippen molar-refractivity contribution in [3.8, 4) is 0 Å². The summed E-state index contributed by atoms with van der Waals surface area (Å²) in [7, 11) is 0. The molecule has 0 saturated heterocycles. The summed E-state index contributed by atoms with van der Waals surface area (Å²) in [5.74, 6) is 0.504. The van der Waals surface area contributed by atoms with E-state index in [1.807, 2.05) is 13.1 Å². The Bertz CT molecular complexity index is 270. The van der Waals surface area contributed by atoms with Crippen LogP contribution in [0.15, 0.2) is 24.9 Å². The molecule has 1 aromatic heterocycles. The van der Waals surface area contributed by atoms with Gasteiger partial charge in [-0.05, 0) is 30.0 Å². The molecule has 1 aromatic rings. The van der Waals surface area contributed by atoms with Gasteiger partial charge in [0.1, 0.15) is 0 Å². The van der Waals surface area contributed by atoms with E-state index in [0.717, 1.165) is 16.8 Å². The first-order valence-corrected chi connectivity index (χ1v) is 4.23. The van der Waals surface area contributed by atoms with Crippen LogP contribution < -0.4 is 0 Å². The van der Waals surface area contributed by atoms with Crippen LogP contribution in [0.2, 0.25) is 0 Å². The predicted octanol–water partition coefficient (Wildman–Crippen LogP) is 3.24. The van der Waals surface area contributed by atoms with Gasteiger partial charge in [-0.2, -0.15) is 0 Å². The summed E-state index contributed by atoms with van der Waals surface area (Å²) in [6.07, 6.45) is 1.89. The predicted molar refractivity (Wildman–Crippen MR) is 53.0 cm³/mol. The second kappa shape index (κ2) is 3.53. The standard InChI is InChI=1S/C11H15N/c1-8(2)10-5-6-11(9(3)4)12-7-10/h5-7,9H,1H2,2-4H3. The van der Waals surface area contributed by atoms with Crippen LogP contribution in [0.1, 0.15) is 37.9 Å². The molecule has 0 N–H and O–H groups in total. The van der Waals surface area contributed by atoms with E-state index >= 15 is 0 Å². The van der Waals surface area contributed by atoms with Gasteiger partial charge >= 0.3 is 0 Å². The Morgan fingerprint density at radius 2 is 2.08 bits per heavy atom. The third-order valence-corrected chi connectivity index (χ3v) is 1.87. The fraction of sp³-hybridized carbons (Fsp3) is 0.364. The average Bonchev–Trinajstić information content (AvgIpc) is 2.04. The summed E-state index contributed by atoms with van der Waals surface area (Å²) in [5, 5.41) is 0. The summed E-state index contributed by atoms with van der Waals surface area (Å²) in [4.78, 5) is 4.34. The maximum Gasteiger partial charge on any atom is 0.0429 e. The highest BCUT2D eigenvalue weighted by Gasteiger charge is 1.99. The highest BCUT2D eigenvalue weighted by atomic mass is 14.7. The number of hydrogen-bond donors (Lipinski definition) is 0. The summed E-state index contributed by atoms with van der Waals surface area (Å²) in [5.41, 5.74) is 3.33. The Kier molecular flexibility index (Phi) is 2.64. The van der Waals surface area contributed by atoms with Gasteiger partial charge < -0.3 is 0 Å². The monoisotopic (exact) mass is 161 g/mol. The van der Waals surface area contributed by atoms with Crippen molar-refractivity contribution >= 4 is 5.57 Å². The smallest absolute Gasteiger partial charge is 0.0429 e. The lowest BCUT2D eigenvalue weighted by Gasteiger charge is -2.04. The maximum atomic E-state index is 4.34. The van der Waals surface area contributed by atoms with Crippen LogP contribution in [-0.4, -0.2) is 4.98 Å². The van der Waals surface area contributed by atoms with Gasteiger partial charge in [0.25, 0.3) is 0 Å². The summed E-state index contributed by atoms with van der Waals surface area (Å²) in [6.45, 7) is 10.1. The summed E-state index contributed by atoms with van der Waals surface area (Å²) >= 11 is 0. The van der Waals surface area contributed by atoms with Gasteiger partial charge in [0.2, 0.25) is 0 Å². The largest absolute Gasteiger partial charge is 0.260 e. The molecule has 0 spiro atoms. The zero-order valence-corrected chi connectivity index (χ0v) is 7.96. The van der Waals surface area contributed by atoms with Crippen molar-refractivity contribution in [3.05, 3.63) is 36.2 Å². The molecule has 0 bridgehead atoms. The van der Waals surface area contributed by atoms with E-state index in [2.05, 4.69) is 37.5 Å². The Morgan fingerprint density at radius 3 is 2.42 bits per heavy atom. The van der Waals surface area contributed by atoms with Gasteiger partial charge in [-0.3, -0.25) is 4.98 Å². The second-order valence-corrected chi connectivity index (χ2v) is 3.41. The molecule has 0 unspecified atom stereocenters. The van der Waals surface area contributed by atoms with Crippen molar-refractivity contribution in [2.45, 2.75) is 26.7 Å². The molecule has 0 amide bonds. The normalized spacial score (nSPS) is 10.3. The highest BCUT2D eigenvalue weighted by Crippen LogP contribution is 2.14. The van der Waals surface area contributed by atoms with Gasteiger partial charge in [0.05, 0.1) is 0 Å². The molecule has 0 radical (unpaired) electrons. The minimum Gasteiger partial charge on any atom is -0.260 e. The molecule has 0 aromatic carbocycles. The van der Waals surface area contributed by atoms with Crippen molar-refractivity contribution in [1.82, 2.24) is 4.98 Å². The molecule has 0 atom stereocenters. The topological polar surface area (TPSA) is 12.9 Å². The average molecular weight is 161 g/mol. The lowest BCUT2D eigenvalue weighted by molar-refractivity contribution is 0.822. The van der Waals surface area contributed by atoms with Gasteiger partial charge in [0.15, 0.2) is 0 Å². The molecule has 0 fully saturated rings. The number of hydrogen-bond acceptors (Lipinski definition) is 1. The lowest BCUT2D eigenvalue weighted by atomic mass is 10.1. The zero-order valence-electron chi connectivity index (χ0n) is 7.96. The molecule has 1 nitrogen and oxygen atoms in total. The molecule has 1 heterocycles. The van der Waals surface area contributed by atoms with E-state index in [9.17, 15) is 0 Å². The third kappa shape index (κ3) is 1.94. The van der Waals surface area contributed by atoms with E-state index in [1.165, 1.54) is 0 Å². The Morgan fingerprint density at radius 1 is 1.42 bits per heavy atom. The van der Waals surface area contributed by atoms with Crippen molar-refractivity contribution < 1.29 is 0 Å². The SMILES string of the molecule is C=C(C)c1ccc(C(C)C)nc1. The fourth-order valence-electron chi connectivity index (χ4n) is 0.999. The number of nitrogens with zero attached hydrogens (tertiary/aromatic N) is 1. The van der Waals surface area contributed by atoms with Gasteiger partial charge in [-0.15, -0.1) is 0 Å². The van der Waals surface area contributed by atoms with E-state index in [0.29, 0.717) is 5.92 Å². The number of rotatable bonds is 2. The molecule has 0 saturated carbocycles. The molecule has 0 aliphatic carbocycles. The second-order valence-electron chi connectivity index (χ2n) is 3.41. The summed E-state index contributed by atoms with van der Waals surface area (Å²) in [6, 6.07) is 4.14. The molecule has 64 valence electrons. The first kappa shape index (κ1) is 8.98. The minimum absolute atomic E-state index is 0.504. The van der Waals surface area contributed by atoms with Crippen LogP contribution in [0, 0.1) is 0 Å². The number of allylic oxidation sites excluding steroid dienone is 1. The Labute approximate surface area is 74.2 Å². The van der Waals surface area contributed by atoms with E-state index < -0.39 is 0 Å². The van der Waals surface area contributed by atoms with E-state index in [1.54, 1.807) is 0 Å². The van der Waals surface area contributed by atoms with E-state index in [4.69, 9.17) is 0 Å². The van der Waals surface area contributed by atoms with Gasteiger partial charge in [-0.25, -0.2) is 0 Å². The molecule has 0 aliphatic rings.